The molecule has 0 radical (unpaired) electrons. The van der Waals surface area contributed by atoms with E-state index in [1.807, 2.05) is 12.3 Å². The zero-order valence-electron chi connectivity index (χ0n) is 7.73. The molecule has 0 aliphatic heterocycles. The summed E-state index contributed by atoms with van der Waals surface area (Å²) in [5.41, 5.74) is 5.41. The maximum atomic E-state index is 5.41. The quantitative estimate of drug-likeness (QED) is 0.746. The molecule has 0 fully saturated rings. The standard InChI is InChI=1S/C9H12N4S/c10-3-1-4-11-9-7-6-13-14-8(7)2-5-12-9/h2,5-6H,1,3-4,10H2,(H,11,12). The van der Waals surface area contributed by atoms with E-state index in [0.717, 1.165) is 28.9 Å². The summed E-state index contributed by atoms with van der Waals surface area (Å²) in [5, 5.41) is 4.34. The van der Waals surface area contributed by atoms with E-state index in [9.17, 15) is 0 Å². The number of nitrogens with zero attached hydrogens (tertiary/aromatic N) is 2. The third kappa shape index (κ3) is 1.83. The first-order valence-electron chi connectivity index (χ1n) is 4.55. The second-order valence-electron chi connectivity index (χ2n) is 2.97. The molecule has 2 aromatic heterocycles. The molecule has 2 aromatic rings. The van der Waals surface area contributed by atoms with Crippen molar-refractivity contribution in [3.05, 3.63) is 18.5 Å². The van der Waals surface area contributed by atoms with Crippen molar-refractivity contribution in [3.8, 4) is 0 Å². The van der Waals surface area contributed by atoms with Gasteiger partial charge in [0.05, 0.1) is 16.3 Å². The summed E-state index contributed by atoms with van der Waals surface area (Å²) in [5.74, 6) is 0.907. The largest absolute Gasteiger partial charge is 0.369 e. The van der Waals surface area contributed by atoms with Gasteiger partial charge >= 0.3 is 0 Å². The topological polar surface area (TPSA) is 63.8 Å². The Hall–Kier alpha value is -1.20. The minimum absolute atomic E-state index is 0.699. The maximum Gasteiger partial charge on any atom is 0.136 e. The van der Waals surface area contributed by atoms with E-state index in [1.165, 1.54) is 11.5 Å². The zero-order valence-corrected chi connectivity index (χ0v) is 8.55. The Bertz CT molecular complexity index is 412. The summed E-state index contributed by atoms with van der Waals surface area (Å²) in [4.78, 5) is 4.27. The van der Waals surface area contributed by atoms with Gasteiger partial charge in [0.15, 0.2) is 0 Å². The summed E-state index contributed by atoms with van der Waals surface area (Å²) in [6, 6.07) is 1.97. The summed E-state index contributed by atoms with van der Waals surface area (Å²) in [7, 11) is 0. The molecular weight excluding hydrogens is 196 g/mol. The summed E-state index contributed by atoms with van der Waals surface area (Å²) >= 11 is 1.49. The van der Waals surface area contributed by atoms with E-state index in [2.05, 4.69) is 14.7 Å². The number of fused-ring (bicyclic) bond motifs is 1. The average Bonchev–Trinajstić information content (AvgIpc) is 2.67. The monoisotopic (exact) mass is 208 g/mol. The van der Waals surface area contributed by atoms with Crippen LogP contribution in [-0.4, -0.2) is 22.4 Å². The van der Waals surface area contributed by atoms with Gasteiger partial charge in [-0.3, -0.25) is 0 Å². The summed E-state index contributed by atoms with van der Waals surface area (Å²) in [6.07, 6.45) is 4.60. The van der Waals surface area contributed by atoms with Crippen LogP contribution in [-0.2, 0) is 0 Å². The molecule has 0 atom stereocenters. The van der Waals surface area contributed by atoms with Gasteiger partial charge in [0.2, 0.25) is 0 Å². The molecule has 3 N–H and O–H groups in total. The van der Waals surface area contributed by atoms with Crippen LogP contribution in [0.15, 0.2) is 18.5 Å². The molecule has 0 spiro atoms. The first kappa shape index (κ1) is 9.36. The Kier molecular flexibility index (Phi) is 2.90. The van der Waals surface area contributed by atoms with Crippen molar-refractivity contribution >= 4 is 27.4 Å². The van der Waals surface area contributed by atoms with E-state index in [1.54, 1.807) is 6.20 Å². The maximum absolute atomic E-state index is 5.41. The highest BCUT2D eigenvalue weighted by atomic mass is 32.1. The summed E-state index contributed by atoms with van der Waals surface area (Å²) < 4.78 is 5.29. The molecule has 0 aliphatic carbocycles. The van der Waals surface area contributed by atoms with Gasteiger partial charge in [-0.1, -0.05) is 0 Å². The Labute approximate surface area is 86.3 Å². The molecule has 0 unspecified atom stereocenters. The number of rotatable bonds is 4. The fourth-order valence-corrected chi connectivity index (χ4v) is 1.89. The van der Waals surface area contributed by atoms with Crippen LogP contribution in [0.1, 0.15) is 6.42 Å². The molecule has 0 saturated heterocycles. The second kappa shape index (κ2) is 4.34. The summed E-state index contributed by atoms with van der Waals surface area (Å²) in [6.45, 7) is 1.56. The van der Waals surface area contributed by atoms with E-state index in [-0.39, 0.29) is 0 Å². The lowest BCUT2D eigenvalue weighted by Crippen LogP contribution is -2.09. The Balaban J connectivity index is 2.19. The lowest BCUT2D eigenvalue weighted by atomic mass is 10.3. The van der Waals surface area contributed by atoms with Gasteiger partial charge in [0.1, 0.15) is 5.82 Å². The number of aromatic nitrogens is 2. The number of pyridine rings is 1. The van der Waals surface area contributed by atoms with Crippen molar-refractivity contribution < 1.29 is 0 Å². The molecule has 0 bridgehead atoms. The normalized spacial score (nSPS) is 10.6. The Morgan fingerprint density at radius 3 is 3.29 bits per heavy atom. The molecule has 5 heteroatoms. The molecule has 2 heterocycles. The van der Waals surface area contributed by atoms with Gasteiger partial charge in [-0.15, -0.1) is 0 Å². The van der Waals surface area contributed by atoms with E-state index >= 15 is 0 Å². The molecule has 0 saturated carbocycles. The molecule has 0 aromatic carbocycles. The van der Waals surface area contributed by atoms with E-state index < -0.39 is 0 Å². The molecule has 74 valence electrons. The predicted molar refractivity (Wildman–Crippen MR) is 59.6 cm³/mol. The highest BCUT2D eigenvalue weighted by Gasteiger charge is 2.02. The van der Waals surface area contributed by atoms with Crippen molar-refractivity contribution in [2.24, 2.45) is 5.73 Å². The predicted octanol–water partition coefficient (Wildman–Crippen LogP) is 1.45. The van der Waals surface area contributed by atoms with Crippen molar-refractivity contribution in [3.63, 3.8) is 0 Å². The van der Waals surface area contributed by atoms with Gasteiger partial charge in [0, 0.05) is 12.7 Å². The van der Waals surface area contributed by atoms with Gasteiger partial charge in [0.25, 0.3) is 0 Å². The number of anilines is 1. The fraction of sp³-hybridized carbons (Fsp3) is 0.333. The average molecular weight is 208 g/mol. The van der Waals surface area contributed by atoms with Crippen molar-refractivity contribution in [1.82, 2.24) is 9.36 Å². The Morgan fingerprint density at radius 1 is 1.50 bits per heavy atom. The minimum Gasteiger partial charge on any atom is -0.369 e. The molecule has 2 rings (SSSR count). The molecule has 4 nitrogen and oxygen atoms in total. The van der Waals surface area contributed by atoms with Crippen LogP contribution in [0.3, 0.4) is 0 Å². The number of nitrogens with two attached hydrogens (primary N) is 1. The SMILES string of the molecule is NCCCNc1nccc2sncc12. The molecular formula is C9H12N4S. The molecule has 14 heavy (non-hydrogen) atoms. The van der Waals surface area contributed by atoms with Crippen LogP contribution in [0.5, 0.6) is 0 Å². The Morgan fingerprint density at radius 2 is 2.43 bits per heavy atom. The lowest BCUT2D eigenvalue weighted by Gasteiger charge is -2.04. The number of nitrogens with one attached hydrogen (secondary N) is 1. The zero-order chi connectivity index (χ0) is 9.80. The van der Waals surface area contributed by atoms with Crippen molar-refractivity contribution in [1.29, 1.82) is 0 Å². The number of hydrogen-bond acceptors (Lipinski definition) is 5. The van der Waals surface area contributed by atoms with Crippen molar-refractivity contribution in [2.45, 2.75) is 6.42 Å². The lowest BCUT2D eigenvalue weighted by molar-refractivity contribution is 0.871. The smallest absolute Gasteiger partial charge is 0.136 e. The van der Waals surface area contributed by atoms with Gasteiger partial charge in [-0.05, 0) is 30.6 Å². The highest BCUT2D eigenvalue weighted by molar-refractivity contribution is 7.13. The van der Waals surface area contributed by atoms with Crippen LogP contribution in [0.25, 0.3) is 10.1 Å². The van der Waals surface area contributed by atoms with Crippen LogP contribution in [0, 0.1) is 0 Å². The van der Waals surface area contributed by atoms with E-state index in [0.29, 0.717) is 6.54 Å². The first-order valence-corrected chi connectivity index (χ1v) is 5.32. The number of hydrogen-bond donors (Lipinski definition) is 2. The van der Waals surface area contributed by atoms with E-state index in [4.69, 9.17) is 5.73 Å². The van der Waals surface area contributed by atoms with Gasteiger partial charge < -0.3 is 11.1 Å². The highest BCUT2D eigenvalue weighted by Crippen LogP contribution is 2.23. The fourth-order valence-electron chi connectivity index (χ4n) is 1.25. The minimum atomic E-state index is 0.699. The third-order valence-electron chi connectivity index (χ3n) is 1.96. The second-order valence-corrected chi connectivity index (χ2v) is 3.80. The first-order chi connectivity index (χ1) is 6.92. The van der Waals surface area contributed by atoms with Crippen LogP contribution in [0.4, 0.5) is 5.82 Å². The van der Waals surface area contributed by atoms with Crippen LogP contribution < -0.4 is 11.1 Å². The van der Waals surface area contributed by atoms with Crippen LogP contribution >= 0.6 is 11.5 Å². The molecule has 0 amide bonds. The van der Waals surface area contributed by atoms with Gasteiger partial charge in [-0.25, -0.2) is 4.98 Å². The third-order valence-corrected chi connectivity index (χ3v) is 2.72. The molecule has 0 aliphatic rings. The van der Waals surface area contributed by atoms with Crippen LogP contribution in [0.2, 0.25) is 0 Å². The van der Waals surface area contributed by atoms with Crippen molar-refractivity contribution in [2.75, 3.05) is 18.4 Å². The van der Waals surface area contributed by atoms with Gasteiger partial charge in [-0.2, -0.15) is 4.37 Å².